The molecule has 0 saturated carbocycles. The number of amides is 1. The molecule has 0 radical (unpaired) electrons. The van der Waals surface area contributed by atoms with Gasteiger partial charge in [0, 0.05) is 26.3 Å². The SMILES string of the molecule is COCCOc1ccc(C2=CCCC(=O)N2C)cc1. The van der Waals surface area contributed by atoms with Gasteiger partial charge in [-0.25, -0.2) is 0 Å². The Kier molecular flexibility index (Phi) is 4.58. The molecular formula is C15H19NO3. The molecule has 1 aliphatic rings. The van der Waals surface area contributed by atoms with E-state index in [2.05, 4.69) is 6.08 Å². The van der Waals surface area contributed by atoms with Gasteiger partial charge in [-0.3, -0.25) is 4.79 Å². The number of ether oxygens (including phenoxy) is 2. The number of allylic oxidation sites excluding steroid dienone is 1. The summed E-state index contributed by atoms with van der Waals surface area (Å²) < 4.78 is 10.4. The second-order valence-electron chi connectivity index (χ2n) is 4.45. The zero-order valence-electron chi connectivity index (χ0n) is 11.4. The molecule has 1 heterocycles. The molecule has 2 rings (SSSR count). The molecule has 4 nitrogen and oxygen atoms in total. The Morgan fingerprint density at radius 3 is 2.63 bits per heavy atom. The van der Waals surface area contributed by atoms with E-state index in [1.54, 1.807) is 12.0 Å². The van der Waals surface area contributed by atoms with Crippen molar-refractivity contribution in [3.63, 3.8) is 0 Å². The third-order valence-electron chi connectivity index (χ3n) is 3.14. The lowest BCUT2D eigenvalue weighted by molar-refractivity contribution is -0.127. The fraction of sp³-hybridized carbons (Fsp3) is 0.400. The Morgan fingerprint density at radius 2 is 1.95 bits per heavy atom. The van der Waals surface area contributed by atoms with E-state index in [4.69, 9.17) is 9.47 Å². The van der Waals surface area contributed by atoms with Crippen LogP contribution in [0, 0.1) is 0 Å². The van der Waals surface area contributed by atoms with Crippen LogP contribution in [-0.2, 0) is 9.53 Å². The number of benzene rings is 1. The summed E-state index contributed by atoms with van der Waals surface area (Å²) in [4.78, 5) is 13.4. The number of hydrogen-bond donors (Lipinski definition) is 0. The largest absolute Gasteiger partial charge is 0.491 e. The van der Waals surface area contributed by atoms with Crippen molar-refractivity contribution < 1.29 is 14.3 Å². The first-order valence-electron chi connectivity index (χ1n) is 6.41. The summed E-state index contributed by atoms with van der Waals surface area (Å²) in [6, 6.07) is 7.78. The van der Waals surface area contributed by atoms with Crippen molar-refractivity contribution in [3.05, 3.63) is 35.9 Å². The molecule has 0 saturated heterocycles. The summed E-state index contributed by atoms with van der Waals surface area (Å²) in [6.45, 7) is 1.11. The van der Waals surface area contributed by atoms with Gasteiger partial charge in [-0.05, 0) is 36.2 Å². The first-order valence-corrected chi connectivity index (χ1v) is 6.41. The van der Waals surface area contributed by atoms with Gasteiger partial charge in [-0.15, -0.1) is 0 Å². The van der Waals surface area contributed by atoms with Crippen molar-refractivity contribution >= 4 is 11.6 Å². The predicted molar refractivity (Wildman–Crippen MR) is 73.8 cm³/mol. The molecule has 0 fully saturated rings. The van der Waals surface area contributed by atoms with Crippen LogP contribution in [0.15, 0.2) is 30.3 Å². The Labute approximate surface area is 113 Å². The summed E-state index contributed by atoms with van der Waals surface area (Å²) in [5.74, 6) is 0.976. The number of rotatable bonds is 5. The maximum Gasteiger partial charge on any atom is 0.227 e. The van der Waals surface area contributed by atoms with Gasteiger partial charge in [0.1, 0.15) is 12.4 Å². The van der Waals surface area contributed by atoms with E-state index in [1.165, 1.54) is 0 Å². The zero-order valence-corrected chi connectivity index (χ0v) is 11.4. The van der Waals surface area contributed by atoms with Gasteiger partial charge in [0.05, 0.1) is 6.61 Å². The Morgan fingerprint density at radius 1 is 1.21 bits per heavy atom. The predicted octanol–water partition coefficient (Wildman–Crippen LogP) is 2.30. The Balaban J connectivity index is 2.05. The van der Waals surface area contributed by atoms with Gasteiger partial charge in [-0.1, -0.05) is 6.08 Å². The third kappa shape index (κ3) is 3.35. The highest BCUT2D eigenvalue weighted by Gasteiger charge is 2.18. The second kappa shape index (κ2) is 6.38. The van der Waals surface area contributed by atoms with E-state index in [1.807, 2.05) is 31.3 Å². The van der Waals surface area contributed by atoms with E-state index < -0.39 is 0 Å². The molecule has 1 aromatic carbocycles. The highest BCUT2D eigenvalue weighted by atomic mass is 16.5. The summed E-state index contributed by atoms with van der Waals surface area (Å²) in [7, 11) is 3.46. The molecule has 0 atom stereocenters. The van der Waals surface area contributed by atoms with Gasteiger partial charge in [0.2, 0.25) is 5.91 Å². The fourth-order valence-electron chi connectivity index (χ4n) is 2.05. The normalized spacial score (nSPS) is 15.4. The topological polar surface area (TPSA) is 38.8 Å². The fourth-order valence-corrected chi connectivity index (χ4v) is 2.05. The Hall–Kier alpha value is -1.81. The molecule has 0 aromatic heterocycles. The van der Waals surface area contributed by atoms with Crippen LogP contribution in [0.4, 0.5) is 0 Å². The monoisotopic (exact) mass is 261 g/mol. The van der Waals surface area contributed by atoms with Crippen LogP contribution in [0.1, 0.15) is 18.4 Å². The van der Waals surface area contributed by atoms with Crippen LogP contribution in [0.3, 0.4) is 0 Å². The molecule has 0 unspecified atom stereocenters. The molecule has 0 aliphatic carbocycles. The summed E-state index contributed by atoms with van der Waals surface area (Å²) in [6.07, 6.45) is 3.50. The molecule has 0 N–H and O–H groups in total. The van der Waals surface area contributed by atoms with Crippen molar-refractivity contribution in [2.24, 2.45) is 0 Å². The van der Waals surface area contributed by atoms with Crippen molar-refractivity contribution in [3.8, 4) is 5.75 Å². The maximum atomic E-state index is 11.7. The van der Waals surface area contributed by atoms with Crippen LogP contribution in [0.2, 0.25) is 0 Å². The average molecular weight is 261 g/mol. The zero-order chi connectivity index (χ0) is 13.7. The molecular weight excluding hydrogens is 242 g/mol. The lowest BCUT2D eigenvalue weighted by Crippen LogP contribution is -2.27. The van der Waals surface area contributed by atoms with E-state index in [0.29, 0.717) is 19.6 Å². The van der Waals surface area contributed by atoms with Crippen molar-refractivity contribution in [2.45, 2.75) is 12.8 Å². The van der Waals surface area contributed by atoms with Gasteiger partial charge < -0.3 is 14.4 Å². The van der Waals surface area contributed by atoms with Crippen LogP contribution in [0.25, 0.3) is 5.70 Å². The number of carbonyl (C=O) groups is 1. The second-order valence-corrected chi connectivity index (χ2v) is 4.45. The van der Waals surface area contributed by atoms with E-state index >= 15 is 0 Å². The maximum absolute atomic E-state index is 11.7. The molecule has 19 heavy (non-hydrogen) atoms. The van der Waals surface area contributed by atoms with Gasteiger partial charge in [-0.2, -0.15) is 0 Å². The molecule has 1 aromatic rings. The molecule has 0 bridgehead atoms. The third-order valence-corrected chi connectivity index (χ3v) is 3.14. The molecule has 102 valence electrons. The minimum Gasteiger partial charge on any atom is -0.491 e. The van der Waals surface area contributed by atoms with Crippen molar-refractivity contribution in [2.75, 3.05) is 27.4 Å². The molecule has 1 amide bonds. The van der Waals surface area contributed by atoms with E-state index in [9.17, 15) is 4.79 Å². The van der Waals surface area contributed by atoms with Crippen molar-refractivity contribution in [1.82, 2.24) is 4.90 Å². The van der Waals surface area contributed by atoms with Crippen LogP contribution in [-0.4, -0.2) is 38.2 Å². The van der Waals surface area contributed by atoms with Gasteiger partial charge >= 0.3 is 0 Å². The smallest absolute Gasteiger partial charge is 0.227 e. The quantitative estimate of drug-likeness (QED) is 0.763. The first-order chi connectivity index (χ1) is 9.22. The lowest BCUT2D eigenvalue weighted by Gasteiger charge is -2.25. The van der Waals surface area contributed by atoms with Crippen molar-refractivity contribution in [1.29, 1.82) is 0 Å². The number of hydrogen-bond acceptors (Lipinski definition) is 3. The standard InChI is InChI=1S/C15H19NO3/c1-16-14(4-3-5-15(16)17)12-6-8-13(9-7-12)19-11-10-18-2/h4,6-9H,3,5,10-11H2,1-2H3. The molecule has 4 heteroatoms. The first kappa shape index (κ1) is 13.6. The van der Waals surface area contributed by atoms with E-state index in [0.717, 1.165) is 23.4 Å². The van der Waals surface area contributed by atoms with Gasteiger partial charge in [0.25, 0.3) is 0 Å². The van der Waals surface area contributed by atoms with Crippen LogP contribution >= 0.6 is 0 Å². The number of methoxy groups -OCH3 is 1. The minimum atomic E-state index is 0.165. The van der Waals surface area contributed by atoms with E-state index in [-0.39, 0.29) is 5.91 Å². The van der Waals surface area contributed by atoms with Crippen LogP contribution in [0.5, 0.6) is 5.75 Å². The average Bonchev–Trinajstić information content (AvgIpc) is 2.43. The number of nitrogens with zero attached hydrogens (tertiary/aromatic N) is 1. The summed E-state index contributed by atoms with van der Waals surface area (Å²) >= 11 is 0. The van der Waals surface area contributed by atoms with Crippen LogP contribution < -0.4 is 4.74 Å². The number of carbonyl (C=O) groups excluding carboxylic acids is 1. The highest BCUT2D eigenvalue weighted by Crippen LogP contribution is 2.25. The van der Waals surface area contributed by atoms with Gasteiger partial charge in [0.15, 0.2) is 0 Å². The lowest BCUT2D eigenvalue weighted by atomic mass is 10.1. The summed E-state index contributed by atoms with van der Waals surface area (Å²) in [5, 5.41) is 0. The molecule has 1 aliphatic heterocycles. The Bertz CT molecular complexity index is 465. The molecule has 0 spiro atoms. The summed E-state index contributed by atoms with van der Waals surface area (Å²) in [5.41, 5.74) is 2.01. The minimum absolute atomic E-state index is 0.165. The highest BCUT2D eigenvalue weighted by molar-refractivity contribution is 5.88.